The van der Waals surface area contributed by atoms with Crippen LogP contribution in [0.5, 0.6) is 0 Å². The van der Waals surface area contributed by atoms with Crippen molar-refractivity contribution in [3.8, 4) is 0 Å². The molecule has 0 N–H and O–H groups in total. The molecular weight excluding hydrogens is 202 g/mol. The van der Waals surface area contributed by atoms with Gasteiger partial charge in [-0.3, -0.25) is 4.99 Å². The average Bonchev–Trinajstić information content (AvgIpc) is 2.49. The van der Waals surface area contributed by atoms with Gasteiger partial charge in [0, 0.05) is 11.1 Å². The molecule has 1 aromatic carbocycles. The van der Waals surface area contributed by atoms with E-state index in [0.717, 1.165) is 17.0 Å². The van der Waals surface area contributed by atoms with Crippen molar-refractivity contribution in [1.29, 1.82) is 0 Å². The Kier molecular flexibility index (Phi) is 2.34. The largest absolute Gasteiger partial charge is 0.465 e. The van der Waals surface area contributed by atoms with Crippen LogP contribution in [0, 0.1) is 0 Å². The van der Waals surface area contributed by atoms with E-state index in [1.165, 1.54) is 7.11 Å². The van der Waals surface area contributed by atoms with Crippen molar-refractivity contribution in [2.45, 2.75) is 26.2 Å². The van der Waals surface area contributed by atoms with Crippen molar-refractivity contribution in [2.75, 3.05) is 7.11 Å². The number of carbonyl (C=O) groups is 1. The Labute approximate surface area is 95.2 Å². The fourth-order valence-corrected chi connectivity index (χ4v) is 1.89. The monoisotopic (exact) mass is 217 g/mol. The summed E-state index contributed by atoms with van der Waals surface area (Å²) in [7, 11) is 1.39. The van der Waals surface area contributed by atoms with Gasteiger partial charge < -0.3 is 4.74 Å². The smallest absolute Gasteiger partial charge is 0.337 e. The highest BCUT2D eigenvalue weighted by molar-refractivity contribution is 6.01. The van der Waals surface area contributed by atoms with E-state index in [4.69, 9.17) is 4.74 Å². The average molecular weight is 217 g/mol. The molecule has 0 radical (unpaired) electrons. The third-order valence-electron chi connectivity index (χ3n) is 3.28. The van der Waals surface area contributed by atoms with Gasteiger partial charge in [0.1, 0.15) is 0 Å². The van der Waals surface area contributed by atoms with E-state index in [0.29, 0.717) is 5.56 Å². The maximum absolute atomic E-state index is 11.4. The first-order valence-electron chi connectivity index (χ1n) is 5.25. The van der Waals surface area contributed by atoms with Gasteiger partial charge in [0.05, 0.1) is 18.4 Å². The third-order valence-corrected chi connectivity index (χ3v) is 3.28. The van der Waals surface area contributed by atoms with Gasteiger partial charge in [0.25, 0.3) is 0 Å². The molecular formula is C13H15NO2. The van der Waals surface area contributed by atoms with Crippen LogP contribution >= 0.6 is 0 Å². The Bertz CT molecular complexity index is 487. The summed E-state index contributed by atoms with van der Waals surface area (Å²) in [5.74, 6) is -0.303. The number of methoxy groups -OCH3 is 1. The van der Waals surface area contributed by atoms with Gasteiger partial charge in [0.2, 0.25) is 0 Å². The molecule has 3 nitrogen and oxygen atoms in total. The third kappa shape index (κ3) is 1.43. The Morgan fingerprint density at radius 1 is 1.38 bits per heavy atom. The summed E-state index contributed by atoms with van der Waals surface area (Å²) in [6, 6.07) is 5.50. The van der Waals surface area contributed by atoms with E-state index in [1.54, 1.807) is 6.07 Å². The Balaban J connectivity index is 2.52. The van der Waals surface area contributed by atoms with E-state index in [2.05, 4.69) is 18.8 Å². The van der Waals surface area contributed by atoms with Crippen LogP contribution < -0.4 is 0 Å². The lowest BCUT2D eigenvalue weighted by molar-refractivity contribution is 0.0600. The van der Waals surface area contributed by atoms with Crippen LogP contribution in [-0.2, 0) is 10.2 Å². The molecule has 1 aliphatic rings. The van der Waals surface area contributed by atoms with Gasteiger partial charge >= 0.3 is 5.97 Å². The molecule has 3 heteroatoms. The molecule has 0 amide bonds. The molecule has 0 aromatic heterocycles. The summed E-state index contributed by atoms with van der Waals surface area (Å²) >= 11 is 0. The van der Waals surface area contributed by atoms with Crippen LogP contribution in [0.4, 0.5) is 5.69 Å². The summed E-state index contributed by atoms with van der Waals surface area (Å²) in [6.07, 6.45) is 0. The van der Waals surface area contributed by atoms with E-state index in [1.807, 2.05) is 19.1 Å². The second kappa shape index (κ2) is 3.44. The Morgan fingerprint density at radius 3 is 2.69 bits per heavy atom. The first kappa shape index (κ1) is 10.9. The number of hydrogen-bond acceptors (Lipinski definition) is 3. The number of aliphatic imine (C=N–C) groups is 1. The maximum atomic E-state index is 11.4. The van der Waals surface area contributed by atoms with E-state index >= 15 is 0 Å². The number of carbonyl (C=O) groups excluding carboxylic acids is 1. The fourth-order valence-electron chi connectivity index (χ4n) is 1.89. The summed E-state index contributed by atoms with van der Waals surface area (Å²) in [6.45, 7) is 6.23. The molecule has 0 aliphatic carbocycles. The van der Waals surface area contributed by atoms with Gasteiger partial charge in [-0.1, -0.05) is 13.8 Å². The Morgan fingerprint density at radius 2 is 2.06 bits per heavy atom. The zero-order valence-electron chi connectivity index (χ0n) is 10.00. The Hall–Kier alpha value is -1.64. The minimum atomic E-state index is -0.303. The van der Waals surface area contributed by atoms with E-state index in [-0.39, 0.29) is 11.4 Å². The van der Waals surface area contributed by atoms with Crippen LogP contribution in [-0.4, -0.2) is 18.8 Å². The van der Waals surface area contributed by atoms with Gasteiger partial charge in [-0.25, -0.2) is 4.79 Å². The van der Waals surface area contributed by atoms with Crippen molar-refractivity contribution in [3.05, 3.63) is 29.3 Å². The number of benzene rings is 1. The predicted octanol–water partition coefficient (Wildman–Crippen LogP) is 2.86. The highest BCUT2D eigenvalue weighted by Crippen LogP contribution is 2.40. The van der Waals surface area contributed by atoms with E-state index in [9.17, 15) is 4.79 Å². The maximum Gasteiger partial charge on any atom is 0.337 e. The standard InChI is InChI=1S/C13H15NO2/c1-8-13(2,3)10-7-9(12(15)16-4)5-6-11(10)14-8/h5-7H,1-4H3. The summed E-state index contributed by atoms with van der Waals surface area (Å²) in [4.78, 5) is 15.9. The highest BCUT2D eigenvalue weighted by Gasteiger charge is 2.32. The number of nitrogens with zero attached hydrogens (tertiary/aromatic N) is 1. The molecule has 1 aliphatic heterocycles. The SMILES string of the molecule is COC(=O)c1ccc2c(c1)C(C)(C)C(C)=N2. The first-order chi connectivity index (χ1) is 7.46. The quantitative estimate of drug-likeness (QED) is 0.678. The lowest BCUT2D eigenvalue weighted by Crippen LogP contribution is -2.23. The normalized spacial score (nSPS) is 16.6. The predicted molar refractivity (Wildman–Crippen MR) is 63.6 cm³/mol. The van der Waals surface area contributed by atoms with Gasteiger partial charge in [0.15, 0.2) is 0 Å². The minimum Gasteiger partial charge on any atom is -0.465 e. The summed E-state index contributed by atoms with van der Waals surface area (Å²) in [5, 5.41) is 0. The number of fused-ring (bicyclic) bond motifs is 1. The lowest BCUT2D eigenvalue weighted by Gasteiger charge is -2.20. The van der Waals surface area contributed by atoms with Crippen LogP contribution in [0.1, 0.15) is 36.7 Å². The number of rotatable bonds is 1. The minimum absolute atomic E-state index is 0.0979. The molecule has 0 saturated heterocycles. The molecule has 1 aromatic rings. The van der Waals surface area contributed by atoms with E-state index < -0.39 is 0 Å². The molecule has 0 spiro atoms. The van der Waals surface area contributed by atoms with Crippen LogP contribution in [0.15, 0.2) is 23.2 Å². The van der Waals surface area contributed by atoms with Crippen LogP contribution in [0.3, 0.4) is 0 Å². The van der Waals surface area contributed by atoms with Crippen molar-refractivity contribution >= 4 is 17.4 Å². The topological polar surface area (TPSA) is 38.7 Å². The summed E-state index contributed by atoms with van der Waals surface area (Å²) in [5.41, 5.74) is 3.60. The van der Waals surface area contributed by atoms with Crippen molar-refractivity contribution in [3.63, 3.8) is 0 Å². The zero-order chi connectivity index (χ0) is 11.9. The molecule has 84 valence electrons. The molecule has 2 rings (SSSR count). The molecule has 0 bridgehead atoms. The lowest BCUT2D eigenvalue weighted by atomic mass is 9.81. The molecule has 16 heavy (non-hydrogen) atoms. The molecule has 1 heterocycles. The number of ether oxygens (including phenoxy) is 1. The second-order valence-corrected chi connectivity index (χ2v) is 4.55. The van der Waals surface area contributed by atoms with Gasteiger partial charge in [-0.05, 0) is 30.7 Å². The number of esters is 1. The fraction of sp³-hybridized carbons (Fsp3) is 0.385. The zero-order valence-corrected chi connectivity index (χ0v) is 10.00. The second-order valence-electron chi connectivity index (χ2n) is 4.55. The van der Waals surface area contributed by atoms with Crippen molar-refractivity contribution in [1.82, 2.24) is 0 Å². The molecule has 0 fully saturated rings. The van der Waals surface area contributed by atoms with Crippen molar-refractivity contribution < 1.29 is 9.53 Å². The van der Waals surface area contributed by atoms with Crippen LogP contribution in [0.2, 0.25) is 0 Å². The highest BCUT2D eigenvalue weighted by atomic mass is 16.5. The molecule has 0 saturated carbocycles. The van der Waals surface area contributed by atoms with Crippen LogP contribution in [0.25, 0.3) is 0 Å². The van der Waals surface area contributed by atoms with Gasteiger partial charge in [-0.15, -0.1) is 0 Å². The first-order valence-corrected chi connectivity index (χ1v) is 5.25. The number of hydrogen-bond donors (Lipinski definition) is 0. The van der Waals surface area contributed by atoms with Gasteiger partial charge in [-0.2, -0.15) is 0 Å². The van der Waals surface area contributed by atoms with Crippen molar-refractivity contribution in [2.24, 2.45) is 4.99 Å². The molecule has 0 atom stereocenters. The molecule has 0 unspecified atom stereocenters. The summed E-state index contributed by atoms with van der Waals surface area (Å²) < 4.78 is 4.71.